The number of rotatable bonds is 8. The first kappa shape index (κ1) is 36.4. The van der Waals surface area contributed by atoms with E-state index in [-0.39, 0.29) is 0 Å². The lowest BCUT2D eigenvalue weighted by Crippen LogP contribution is -2.12. The minimum absolute atomic E-state index is 0.558. The normalized spacial score (nSPS) is 10.2. The van der Waals surface area contributed by atoms with Crippen LogP contribution < -0.4 is 9.80 Å². The SMILES string of the molecule is Cc1ccccc1N(c1ccccc1)c1ccccc1C.Cc1ccccc1N(c1ccccc1)c1ccccc1C.O=C(O)/C=C\C(=O)O. The fraction of sp³-hybridized carbons (Fsp3) is 0.0909. The molecule has 6 heteroatoms. The van der Waals surface area contributed by atoms with Gasteiger partial charge in [0.05, 0.1) is 0 Å². The summed E-state index contributed by atoms with van der Waals surface area (Å²) in [5, 5.41) is 15.6. The minimum atomic E-state index is -1.26. The number of benzene rings is 6. The topological polar surface area (TPSA) is 81.1 Å². The minimum Gasteiger partial charge on any atom is -0.478 e. The number of anilines is 6. The Morgan fingerprint density at radius 2 is 0.600 bits per heavy atom. The van der Waals surface area contributed by atoms with Crippen molar-refractivity contribution in [2.24, 2.45) is 0 Å². The molecule has 6 aromatic carbocycles. The van der Waals surface area contributed by atoms with Crippen LogP contribution >= 0.6 is 0 Å². The third kappa shape index (κ3) is 10.1. The fourth-order valence-electron chi connectivity index (χ4n) is 5.37. The average molecular weight is 663 g/mol. The Labute approximate surface area is 294 Å². The number of carboxylic acid groups (broad SMARTS) is 2. The molecule has 0 radical (unpaired) electrons. The predicted molar refractivity (Wildman–Crippen MR) is 206 cm³/mol. The van der Waals surface area contributed by atoms with Gasteiger partial charge >= 0.3 is 11.9 Å². The summed E-state index contributed by atoms with van der Waals surface area (Å²) in [6, 6.07) is 55.1. The summed E-state index contributed by atoms with van der Waals surface area (Å²) in [7, 11) is 0. The molecule has 0 unspecified atom stereocenters. The highest BCUT2D eigenvalue weighted by atomic mass is 16.4. The van der Waals surface area contributed by atoms with Gasteiger partial charge in [0.25, 0.3) is 0 Å². The summed E-state index contributed by atoms with van der Waals surface area (Å²) in [5.74, 6) is -2.51. The second kappa shape index (κ2) is 18.2. The molecule has 6 nitrogen and oxygen atoms in total. The second-order valence-electron chi connectivity index (χ2n) is 11.5. The van der Waals surface area contributed by atoms with Gasteiger partial charge in [-0.3, -0.25) is 0 Å². The van der Waals surface area contributed by atoms with E-state index in [1.165, 1.54) is 56.4 Å². The van der Waals surface area contributed by atoms with Gasteiger partial charge in [-0.2, -0.15) is 0 Å². The molecule has 2 N–H and O–H groups in total. The van der Waals surface area contributed by atoms with Crippen molar-refractivity contribution in [1.82, 2.24) is 0 Å². The van der Waals surface area contributed by atoms with Gasteiger partial charge in [0.2, 0.25) is 0 Å². The molecule has 0 aliphatic rings. The fourth-order valence-corrected chi connectivity index (χ4v) is 5.37. The van der Waals surface area contributed by atoms with Gasteiger partial charge in [-0.1, -0.05) is 109 Å². The number of carboxylic acids is 2. The van der Waals surface area contributed by atoms with Crippen molar-refractivity contribution in [3.8, 4) is 0 Å². The van der Waals surface area contributed by atoms with Crippen molar-refractivity contribution in [2.45, 2.75) is 27.7 Å². The lowest BCUT2D eigenvalue weighted by Gasteiger charge is -2.28. The summed E-state index contributed by atoms with van der Waals surface area (Å²) in [6.45, 7) is 8.63. The Bertz CT molecular complexity index is 1790. The second-order valence-corrected chi connectivity index (χ2v) is 11.5. The first-order valence-corrected chi connectivity index (χ1v) is 16.2. The van der Waals surface area contributed by atoms with Crippen LogP contribution in [0.25, 0.3) is 0 Å². The largest absolute Gasteiger partial charge is 0.478 e. The first-order chi connectivity index (χ1) is 24.2. The van der Waals surface area contributed by atoms with Crippen LogP contribution in [0.2, 0.25) is 0 Å². The van der Waals surface area contributed by atoms with Crippen molar-refractivity contribution < 1.29 is 19.8 Å². The highest BCUT2D eigenvalue weighted by Gasteiger charge is 2.16. The summed E-state index contributed by atoms with van der Waals surface area (Å²) in [6.07, 6.45) is 1.12. The molecule has 6 rings (SSSR count). The Hall–Kier alpha value is -6.40. The van der Waals surface area contributed by atoms with Crippen molar-refractivity contribution in [1.29, 1.82) is 0 Å². The number of hydrogen-bond acceptors (Lipinski definition) is 4. The van der Waals surface area contributed by atoms with E-state index in [2.05, 4.69) is 195 Å². The van der Waals surface area contributed by atoms with Crippen LogP contribution in [0, 0.1) is 27.7 Å². The highest BCUT2D eigenvalue weighted by molar-refractivity contribution is 5.89. The zero-order chi connectivity index (χ0) is 35.9. The molecule has 0 aliphatic heterocycles. The summed E-state index contributed by atoms with van der Waals surface area (Å²) < 4.78 is 0. The van der Waals surface area contributed by atoms with Gasteiger partial charge in [-0.05, 0) is 98.5 Å². The number of hydrogen-bond donors (Lipinski definition) is 2. The molecule has 6 aromatic rings. The Balaban J connectivity index is 0.000000186. The van der Waals surface area contributed by atoms with E-state index in [1.807, 2.05) is 0 Å². The summed E-state index contributed by atoms with van der Waals surface area (Å²) in [4.78, 5) is 23.8. The molecule has 0 bridgehead atoms. The highest BCUT2D eigenvalue weighted by Crippen LogP contribution is 2.39. The van der Waals surface area contributed by atoms with Crippen LogP contribution in [0.5, 0.6) is 0 Å². The maximum absolute atomic E-state index is 9.55. The van der Waals surface area contributed by atoms with Crippen LogP contribution in [0.1, 0.15) is 22.3 Å². The molecule has 50 heavy (non-hydrogen) atoms. The van der Waals surface area contributed by atoms with E-state index in [0.717, 1.165) is 0 Å². The van der Waals surface area contributed by atoms with Crippen LogP contribution in [-0.4, -0.2) is 22.2 Å². The van der Waals surface area contributed by atoms with Gasteiger partial charge in [-0.25, -0.2) is 9.59 Å². The van der Waals surface area contributed by atoms with E-state index in [1.54, 1.807) is 0 Å². The average Bonchev–Trinajstić information content (AvgIpc) is 3.12. The molecule has 0 aliphatic carbocycles. The zero-order valence-corrected chi connectivity index (χ0v) is 28.8. The molecule has 0 spiro atoms. The van der Waals surface area contributed by atoms with E-state index >= 15 is 0 Å². The molecule has 252 valence electrons. The van der Waals surface area contributed by atoms with E-state index < -0.39 is 11.9 Å². The van der Waals surface area contributed by atoms with Gasteiger partial charge in [0, 0.05) is 46.3 Å². The summed E-state index contributed by atoms with van der Waals surface area (Å²) in [5.41, 5.74) is 12.3. The third-order valence-electron chi connectivity index (χ3n) is 7.82. The van der Waals surface area contributed by atoms with Crippen LogP contribution in [0.15, 0.2) is 170 Å². The Morgan fingerprint density at radius 1 is 0.380 bits per heavy atom. The molecule has 0 atom stereocenters. The number of carbonyl (C=O) groups is 2. The van der Waals surface area contributed by atoms with Gasteiger partial charge < -0.3 is 20.0 Å². The molecule has 0 saturated heterocycles. The van der Waals surface area contributed by atoms with E-state index in [4.69, 9.17) is 10.2 Å². The summed E-state index contributed by atoms with van der Waals surface area (Å²) >= 11 is 0. The molecular formula is C44H42N2O4. The zero-order valence-electron chi connectivity index (χ0n) is 28.8. The van der Waals surface area contributed by atoms with Crippen molar-refractivity contribution in [3.63, 3.8) is 0 Å². The molecule has 0 heterocycles. The molecule has 0 aromatic heterocycles. The maximum atomic E-state index is 9.55. The van der Waals surface area contributed by atoms with Gasteiger partial charge in [0.1, 0.15) is 0 Å². The van der Waals surface area contributed by atoms with Crippen LogP contribution in [-0.2, 0) is 9.59 Å². The van der Waals surface area contributed by atoms with Crippen molar-refractivity contribution in [3.05, 3.63) is 192 Å². The van der Waals surface area contributed by atoms with Crippen molar-refractivity contribution in [2.75, 3.05) is 9.80 Å². The van der Waals surface area contributed by atoms with Crippen LogP contribution in [0.3, 0.4) is 0 Å². The van der Waals surface area contributed by atoms with E-state index in [9.17, 15) is 9.59 Å². The molecule has 0 amide bonds. The smallest absolute Gasteiger partial charge is 0.328 e. The Morgan fingerprint density at radius 3 is 0.820 bits per heavy atom. The monoisotopic (exact) mass is 662 g/mol. The maximum Gasteiger partial charge on any atom is 0.328 e. The molecule has 0 saturated carbocycles. The first-order valence-electron chi connectivity index (χ1n) is 16.2. The van der Waals surface area contributed by atoms with Gasteiger partial charge in [-0.15, -0.1) is 0 Å². The van der Waals surface area contributed by atoms with Gasteiger partial charge in [0.15, 0.2) is 0 Å². The van der Waals surface area contributed by atoms with Crippen molar-refractivity contribution >= 4 is 46.1 Å². The number of aryl methyl sites for hydroxylation is 4. The number of para-hydroxylation sites is 6. The third-order valence-corrected chi connectivity index (χ3v) is 7.82. The lowest BCUT2D eigenvalue weighted by molar-refractivity contribution is -0.134. The predicted octanol–water partition coefficient (Wildman–Crippen LogP) is 11.3. The molecule has 0 fully saturated rings. The lowest BCUT2D eigenvalue weighted by atomic mass is 10.1. The number of nitrogens with zero attached hydrogens (tertiary/aromatic N) is 2. The molecular weight excluding hydrogens is 620 g/mol. The van der Waals surface area contributed by atoms with Crippen LogP contribution in [0.4, 0.5) is 34.1 Å². The standard InChI is InChI=1S/2C20H19N.C4H4O4/c2*1-16-10-6-8-14-19(16)21(18-12-4-3-5-13-18)20-15-9-7-11-17(20)2;5-3(6)1-2-4(7)8/h2*3-15H,1-2H3;1-2H,(H,5,6)(H,7,8)/b;;2-1-. The van der Waals surface area contributed by atoms with E-state index in [0.29, 0.717) is 12.2 Å². The Kier molecular flexibility index (Phi) is 13.3. The number of aliphatic carboxylic acids is 2. The quantitative estimate of drug-likeness (QED) is 0.158.